The predicted molar refractivity (Wildman–Crippen MR) is 95.0 cm³/mol. The van der Waals surface area contributed by atoms with Gasteiger partial charge in [-0.25, -0.2) is 9.97 Å². The highest BCUT2D eigenvalue weighted by atomic mass is 32.1. The van der Waals surface area contributed by atoms with E-state index < -0.39 is 0 Å². The van der Waals surface area contributed by atoms with Crippen molar-refractivity contribution in [2.24, 2.45) is 0 Å². The maximum Gasteiger partial charge on any atom is 0.161 e. The van der Waals surface area contributed by atoms with Crippen molar-refractivity contribution in [2.75, 3.05) is 31.2 Å². The zero-order chi connectivity index (χ0) is 15.6. The number of aromatic amines is 1. The average molecular weight is 326 g/mol. The van der Waals surface area contributed by atoms with Crippen molar-refractivity contribution >= 4 is 29.3 Å². The lowest BCUT2D eigenvalue weighted by Crippen LogP contribution is -2.37. The van der Waals surface area contributed by atoms with Crippen LogP contribution < -0.4 is 4.90 Å². The molecule has 3 heterocycles. The minimum absolute atomic E-state index is 0.596. The van der Waals surface area contributed by atoms with Gasteiger partial charge in [-0.3, -0.25) is 0 Å². The van der Waals surface area contributed by atoms with E-state index in [-0.39, 0.29) is 0 Å². The third-order valence-electron chi connectivity index (χ3n) is 4.07. The Balaban J connectivity index is 1.77. The Bertz CT molecular complexity index is 826. The number of aromatic nitrogens is 3. The van der Waals surface area contributed by atoms with E-state index in [1.807, 2.05) is 12.3 Å². The van der Waals surface area contributed by atoms with Crippen LogP contribution in [-0.2, 0) is 10.5 Å². The van der Waals surface area contributed by atoms with E-state index in [1.54, 1.807) is 0 Å². The molecule has 0 aliphatic carbocycles. The van der Waals surface area contributed by atoms with Gasteiger partial charge >= 0.3 is 0 Å². The average Bonchev–Trinajstić information content (AvgIpc) is 3.09. The molecule has 0 bridgehead atoms. The summed E-state index contributed by atoms with van der Waals surface area (Å²) in [5.41, 5.74) is 3.08. The van der Waals surface area contributed by atoms with E-state index >= 15 is 0 Å². The first-order valence-corrected chi connectivity index (χ1v) is 8.36. The third kappa shape index (κ3) is 2.92. The molecule has 1 saturated heterocycles. The van der Waals surface area contributed by atoms with Crippen molar-refractivity contribution in [1.82, 2.24) is 15.0 Å². The Morgan fingerprint density at radius 2 is 2.00 bits per heavy atom. The van der Waals surface area contributed by atoms with Crippen LogP contribution in [0.25, 0.3) is 22.3 Å². The molecule has 3 aromatic rings. The van der Waals surface area contributed by atoms with Gasteiger partial charge in [-0.1, -0.05) is 0 Å². The monoisotopic (exact) mass is 326 g/mol. The summed E-state index contributed by atoms with van der Waals surface area (Å²) in [6.45, 7) is 3.20. The number of morpholine rings is 1. The minimum Gasteiger partial charge on any atom is -0.378 e. The lowest BCUT2D eigenvalue weighted by atomic mass is 10.1. The molecule has 23 heavy (non-hydrogen) atoms. The molecule has 6 heteroatoms. The van der Waals surface area contributed by atoms with Crippen LogP contribution in [0.2, 0.25) is 0 Å². The van der Waals surface area contributed by atoms with Crippen LogP contribution in [0.1, 0.15) is 5.69 Å². The van der Waals surface area contributed by atoms with Gasteiger partial charge in [-0.2, -0.15) is 12.6 Å². The Kier molecular flexibility index (Phi) is 3.93. The Morgan fingerprint density at radius 3 is 2.83 bits per heavy atom. The molecule has 1 fully saturated rings. The van der Waals surface area contributed by atoms with Gasteiger partial charge < -0.3 is 14.6 Å². The number of H-pyrrole nitrogens is 1. The van der Waals surface area contributed by atoms with Crippen LogP contribution in [0.5, 0.6) is 0 Å². The van der Waals surface area contributed by atoms with E-state index in [1.165, 1.54) is 0 Å². The number of benzene rings is 1. The van der Waals surface area contributed by atoms with Crippen LogP contribution in [0.15, 0.2) is 36.5 Å². The maximum absolute atomic E-state index is 5.43. The van der Waals surface area contributed by atoms with Gasteiger partial charge in [0.1, 0.15) is 5.82 Å². The standard InChI is InChI=1S/C17H18N4OS/c23-11-14-10-16(21-5-7-22-8-6-21)20-17(19-14)13-1-2-15-12(9-13)3-4-18-15/h1-4,9-10,18,23H,5-8,11H2. The molecule has 0 radical (unpaired) electrons. The molecule has 1 aliphatic heterocycles. The zero-order valence-electron chi connectivity index (χ0n) is 12.7. The quantitative estimate of drug-likeness (QED) is 0.727. The summed E-state index contributed by atoms with van der Waals surface area (Å²) < 4.78 is 5.43. The lowest BCUT2D eigenvalue weighted by Gasteiger charge is -2.28. The van der Waals surface area contributed by atoms with Crippen molar-refractivity contribution in [1.29, 1.82) is 0 Å². The topological polar surface area (TPSA) is 54.0 Å². The summed E-state index contributed by atoms with van der Waals surface area (Å²) in [5, 5.41) is 1.16. The smallest absolute Gasteiger partial charge is 0.161 e. The number of hydrogen-bond acceptors (Lipinski definition) is 5. The van der Waals surface area contributed by atoms with Gasteiger partial charge in [0.2, 0.25) is 0 Å². The molecule has 0 unspecified atom stereocenters. The molecular weight excluding hydrogens is 308 g/mol. The number of rotatable bonds is 3. The Labute approximate surface area is 140 Å². The first-order chi connectivity index (χ1) is 11.3. The zero-order valence-corrected chi connectivity index (χ0v) is 13.6. The van der Waals surface area contributed by atoms with Crippen molar-refractivity contribution in [3.05, 3.63) is 42.2 Å². The lowest BCUT2D eigenvalue weighted by molar-refractivity contribution is 0.122. The Morgan fingerprint density at radius 1 is 1.13 bits per heavy atom. The number of fused-ring (bicyclic) bond motifs is 1. The second-order valence-electron chi connectivity index (χ2n) is 5.58. The molecule has 0 saturated carbocycles. The fourth-order valence-corrected chi connectivity index (χ4v) is 3.00. The van der Waals surface area contributed by atoms with Gasteiger partial charge in [-0.15, -0.1) is 0 Å². The van der Waals surface area contributed by atoms with Gasteiger partial charge in [0.15, 0.2) is 5.82 Å². The molecule has 4 rings (SSSR count). The van der Waals surface area contributed by atoms with Crippen molar-refractivity contribution < 1.29 is 4.74 Å². The number of hydrogen-bond donors (Lipinski definition) is 2. The van der Waals surface area contributed by atoms with Gasteiger partial charge in [-0.05, 0) is 24.3 Å². The fraction of sp³-hybridized carbons (Fsp3) is 0.294. The number of ether oxygens (including phenoxy) is 1. The fourth-order valence-electron chi connectivity index (χ4n) is 2.84. The molecule has 5 nitrogen and oxygen atoms in total. The van der Waals surface area contributed by atoms with E-state index in [0.717, 1.165) is 60.1 Å². The van der Waals surface area contributed by atoms with Crippen LogP contribution >= 0.6 is 12.6 Å². The molecular formula is C17H18N4OS. The highest BCUT2D eigenvalue weighted by molar-refractivity contribution is 7.79. The van der Waals surface area contributed by atoms with Crippen molar-refractivity contribution in [3.8, 4) is 11.4 Å². The number of nitrogens with one attached hydrogen (secondary N) is 1. The first kappa shape index (κ1) is 14.5. The largest absolute Gasteiger partial charge is 0.378 e. The molecule has 1 aromatic carbocycles. The second kappa shape index (κ2) is 6.22. The SMILES string of the molecule is SCc1cc(N2CCOCC2)nc(-c2ccc3[nH]ccc3c2)n1. The van der Waals surface area contributed by atoms with Gasteiger partial charge in [0, 0.05) is 47.6 Å². The molecule has 2 aromatic heterocycles. The summed E-state index contributed by atoms with van der Waals surface area (Å²) in [6.07, 6.45) is 1.94. The van der Waals surface area contributed by atoms with Gasteiger partial charge in [0.25, 0.3) is 0 Å². The molecule has 0 spiro atoms. The Hall–Kier alpha value is -2.05. The van der Waals surface area contributed by atoms with Crippen molar-refractivity contribution in [2.45, 2.75) is 5.75 Å². The summed E-state index contributed by atoms with van der Waals surface area (Å²) >= 11 is 4.39. The van der Waals surface area contributed by atoms with Crippen LogP contribution in [-0.4, -0.2) is 41.3 Å². The molecule has 1 N–H and O–H groups in total. The number of anilines is 1. The number of thiol groups is 1. The molecule has 1 aliphatic rings. The molecule has 0 amide bonds. The van der Waals surface area contributed by atoms with E-state index in [4.69, 9.17) is 9.72 Å². The minimum atomic E-state index is 0.596. The van der Waals surface area contributed by atoms with E-state index in [2.05, 4.69) is 51.8 Å². The second-order valence-corrected chi connectivity index (χ2v) is 5.89. The predicted octanol–water partition coefficient (Wildman–Crippen LogP) is 2.89. The van der Waals surface area contributed by atoms with Crippen LogP contribution in [0.4, 0.5) is 5.82 Å². The van der Waals surface area contributed by atoms with Crippen LogP contribution in [0, 0.1) is 0 Å². The van der Waals surface area contributed by atoms with E-state index in [9.17, 15) is 0 Å². The summed E-state index contributed by atoms with van der Waals surface area (Å²) in [4.78, 5) is 14.9. The maximum atomic E-state index is 5.43. The van der Waals surface area contributed by atoms with Gasteiger partial charge in [0.05, 0.1) is 18.9 Å². The third-order valence-corrected chi connectivity index (χ3v) is 4.40. The summed E-state index contributed by atoms with van der Waals surface area (Å²) in [5.74, 6) is 2.30. The summed E-state index contributed by atoms with van der Waals surface area (Å²) in [7, 11) is 0. The highest BCUT2D eigenvalue weighted by Gasteiger charge is 2.15. The number of nitrogens with zero attached hydrogens (tertiary/aromatic N) is 3. The first-order valence-electron chi connectivity index (χ1n) is 7.72. The molecule has 118 valence electrons. The molecule has 0 atom stereocenters. The van der Waals surface area contributed by atoms with Crippen LogP contribution in [0.3, 0.4) is 0 Å². The highest BCUT2D eigenvalue weighted by Crippen LogP contribution is 2.24. The van der Waals surface area contributed by atoms with E-state index in [0.29, 0.717) is 5.75 Å². The van der Waals surface area contributed by atoms with Crippen molar-refractivity contribution in [3.63, 3.8) is 0 Å². The normalized spacial score (nSPS) is 15.3. The summed E-state index contributed by atoms with van der Waals surface area (Å²) in [6, 6.07) is 10.3.